The van der Waals surface area contributed by atoms with Crippen LogP contribution in [0, 0.1) is 0 Å². The average Bonchev–Trinajstić information content (AvgIpc) is 3.19. The molecule has 0 saturated heterocycles. The number of hydrogen-bond donors (Lipinski definition) is 2. The Kier molecular flexibility index (Phi) is 3.20. The van der Waals surface area contributed by atoms with E-state index in [1.54, 1.807) is 7.11 Å². The number of nitrogens with zero attached hydrogens (tertiary/aromatic N) is 1. The molecule has 2 aromatic carbocycles. The van der Waals surface area contributed by atoms with Crippen LogP contribution in [0.3, 0.4) is 0 Å². The number of hydrogen-bond acceptors (Lipinski definition) is 5. The van der Waals surface area contributed by atoms with Crippen molar-refractivity contribution >= 4 is 33.1 Å². The first kappa shape index (κ1) is 14.0. The van der Waals surface area contributed by atoms with Crippen LogP contribution in [-0.4, -0.2) is 24.5 Å². The van der Waals surface area contributed by atoms with Crippen LogP contribution in [0.25, 0.3) is 21.3 Å². The van der Waals surface area contributed by atoms with Gasteiger partial charge in [-0.3, -0.25) is 4.79 Å². The molecular formula is C17H15N3O2S. The third-order valence-corrected chi connectivity index (χ3v) is 5.17. The lowest BCUT2D eigenvalue weighted by Crippen LogP contribution is -2.09. The summed E-state index contributed by atoms with van der Waals surface area (Å²) in [6.45, 7) is 0.975. The summed E-state index contributed by atoms with van der Waals surface area (Å²) in [4.78, 5) is 15.8. The molecule has 0 unspecified atom stereocenters. The van der Waals surface area contributed by atoms with Gasteiger partial charge in [-0.05, 0) is 35.7 Å². The third-order valence-electron chi connectivity index (χ3n) is 4.07. The van der Waals surface area contributed by atoms with Crippen LogP contribution in [0.2, 0.25) is 0 Å². The van der Waals surface area contributed by atoms with Crippen molar-refractivity contribution in [2.45, 2.75) is 6.42 Å². The Morgan fingerprint density at radius 3 is 3.00 bits per heavy atom. The van der Waals surface area contributed by atoms with Crippen molar-refractivity contribution in [1.29, 1.82) is 0 Å². The highest BCUT2D eigenvalue weighted by atomic mass is 32.1. The highest BCUT2D eigenvalue weighted by Gasteiger charge is 2.18. The van der Waals surface area contributed by atoms with E-state index in [0.29, 0.717) is 16.3 Å². The molecule has 0 saturated carbocycles. The molecule has 0 spiro atoms. The van der Waals surface area contributed by atoms with Crippen molar-refractivity contribution in [3.05, 3.63) is 40.9 Å². The van der Waals surface area contributed by atoms with Crippen LogP contribution in [0.4, 0.5) is 5.69 Å². The number of benzene rings is 2. The zero-order chi connectivity index (χ0) is 16.0. The number of primary amides is 1. The molecule has 3 N–H and O–H groups in total. The monoisotopic (exact) mass is 325 g/mol. The van der Waals surface area contributed by atoms with Crippen molar-refractivity contribution < 1.29 is 9.53 Å². The van der Waals surface area contributed by atoms with E-state index in [9.17, 15) is 4.79 Å². The zero-order valence-electron chi connectivity index (χ0n) is 12.6. The minimum atomic E-state index is -0.519. The smallest absolute Gasteiger partial charge is 0.277 e. The standard InChI is InChI=1S/C17H15N3O2S/c1-22-13-5-4-11(15-14(13)20-17(23-15)16(18)21)10-3-2-9-6-7-19-12(9)8-10/h2-5,8,19H,6-7H2,1H3,(H2,18,21). The molecule has 6 heteroatoms. The molecule has 23 heavy (non-hydrogen) atoms. The molecule has 1 amide bonds. The molecule has 4 rings (SSSR count). The summed E-state index contributed by atoms with van der Waals surface area (Å²) >= 11 is 1.30. The first-order chi connectivity index (χ1) is 11.2. The van der Waals surface area contributed by atoms with E-state index in [1.165, 1.54) is 22.6 Å². The molecule has 0 radical (unpaired) electrons. The maximum absolute atomic E-state index is 11.5. The molecule has 5 nitrogen and oxygen atoms in total. The second-order valence-electron chi connectivity index (χ2n) is 5.43. The summed E-state index contributed by atoms with van der Waals surface area (Å²) in [5, 5.41) is 3.69. The van der Waals surface area contributed by atoms with E-state index in [4.69, 9.17) is 10.5 Å². The number of methoxy groups -OCH3 is 1. The highest BCUT2D eigenvalue weighted by Crippen LogP contribution is 2.39. The number of rotatable bonds is 3. The molecule has 0 aliphatic carbocycles. The average molecular weight is 325 g/mol. The third kappa shape index (κ3) is 2.22. The molecule has 1 aromatic heterocycles. The maximum atomic E-state index is 11.5. The molecule has 1 aliphatic rings. The van der Waals surface area contributed by atoms with E-state index < -0.39 is 5.91 Å². The Balaban J connectivity index is 1.94. The Labute approximate surface area is 137 Å². The molecule has 0 fully saturated rings. The first-order valence-electron chi connectivity index (χ1n) is 7.32. The zero-order valence-corrected chi connectivity index (χ0v) is 13.4. The topological polar surface area (TPSA) is 77.2 Å². The number of thiazole rings is 1. The van der Waals surface area contributed by atoms with Crippen LogP contribution in [0.15, 0.2) is 30.3 Å². The van der Waals surface area contributed by atoms with Crippen LogP contribution in [0.5, 0.6) is 5.75 Å². The van der Waals surface area contributed by atoms with Crippen LogP contribution in [-0.2, 0) is 6.42 Å². The van der Waals surface area contributed by atoms with Gasteiger partial charge < -0.3 is 15.8 Å². The molecule has 116 valence electrons. The first-order valence-corrected chi connectivity index (χ1v) is 8.13. The molecule has 0 atom stereocenters. The predicted molar refractivity (Wildman–Crippen MR) is 92.3 cm³/mol. The number of nitrogens with one attached hydrogen (secondary N) is 1. The molecule has 1 aliphatic heterocycles. The van der Waals surface area contributed by atoms with Gasteiger partial charge in [0.05, 0.1) is 11.8 Å². The van der Waals surface area contributed by atoms with Gasteiger partial charge >= 0.3 is 0 Å². The Bertz CT molecular complexity index is 933. The van der Waals surface area contributed by atoms with Crippen LogP contribution in [0.1, 0.15) is 15.4 Å². The van der Waals surface area contributed by atoms with E-state index in [2.05, 4.69) is 28.5 Å². The predicted octanol–water partition coefficient (Wildman–Crippen LogP) is 3.04. The van der Waals surface area contributed by atoms with Gasteiger partial charge in [-0.1, -0.05) is 12.1 Å². The summed E-state index contributed by atoms with van der Waals surface area (Å²) in [6, 6.07) is 10.3. The minimum Gasteiger partial charge on any atom is -0.494 e. The van der Waals surface area contributed by atoms with Crippen molar-refractivity contribution in [3.8, 4) is 16.9 Å². The molecule has 0 bridgehead atoms. The Hall–Kier alpha value is -2.60. The van der Waals surface area contributed by atoms with Crippen molar-refractivity contribution in [2.75, 3.05) is 19.0 Å². The SMILES string of the molecule is COc1ccc(-c2ccc3c(c2)NCC3)c2sc(C(N)=O)nc12. The van der Waals surface area contributed by atoms with E-state index in [1.807, 2.05) is 12.1 Å². The number of anilines is 1. The fourth-order valence-electron chi connectivity index (χ4n) is 2.94. The van der Waals surface area contributed by atoms with Gasteiger partial charge in [0, 0.05) is 17.8 Å². The van der Waals surface area contributed by atoms with Gasteiger partial charge in [-0.2, -0.15) is 0 Å². The van der Waals surface area contributed by atoms with E-state index in [-0.39, 0.29) is 0 Å². The van der Waals surface area contributed by atoms with Gasteiger partial charge in [-0.15, -0.1) is 11.3 Å². The van der Waals surface area contributed by atoms with Gasteiger partial charge in [0.25, 0.3) is 5.91 Å². The van der Waals surface area contributed by atoms with Gasteiger partial charge in [0.2, 0.25) is 0 Å². The highest BCUT2D eigenvalue weighted by molar-refractivity contribution is 7.20. The van der Waals surface area contributed by atoms with E-state index >= 15 is 0 Å². The molecule has 2 heterocycles. The van der Waals surface area contributed by atoms with Crippen LogP contribution >= 0.6 is 11.3 Å². The minimum absolute atomic E-state index is 0.296. The van der Waals surface area contributed by atoms with Gasteiger partial charge in [0.15, 0.2) is 5.01 Å². The Morgan fingerprint density at radius 2 is 2.22 bits per heavy atom. The number of carbonyl (C=O) groups is 1. The quantitative estimate of drug-likeness (QED) is 0.776. The van der Waals surface area contributed by atoms with Crippen molar-refractivity contribution in [3.63, 3.8) is 0 Å². The lowest BCUT2D eigenvalue weighted by molar-refractivity contribution is 0.1000. The van der Waals surface area contributed by atoms with Gasteiger partial charge in [0.1, 0.15) is 11.3 Å². The second kappa shape index (κ2) is 5.24. The van der Waals surface area contributed by atoms with Crippen LogP contribution < -0.4 is 15.8 Å². The van der Waals surface area contributed by atoms with Crippen molar-refractivity contribution in [1.82, 2.24) is 4.98 Å². The fourth-order valence-corrected chi connectivity index (χ4v) is 3.91. The van der Waals surface area contributed by atoms with Gasteiger partial charge in [-0.25, -0.2) is 4.98 Å². The fraction of sp³-hybridized carbons (Fsp3) is 0.176. The second-order valence-corrected chi connectivity index (χ2v) is 6.42. The summed E-state index contributed by atoms with van der Waals surface area (Å²) < 4.78 is 6.28. The lowest BCUT2D eigenvalue weighted by Gasteiger charge is -2.08. The number of amides is 1. The largest absolute Gasteiger partial charge is 0.494 e. The van der Waals surface area contributed by atoms with E-state index in [0.717, 1.165) is 28.8 Å². The number of carbonyl (C=O) groups excluding carboxylic acids is 1. The number of ether oxygens (including phenoxy) is 1. The normalized spacial score (nSPS) is 12.9. The summed E-state index contributed by atoms with van der Waals surface area (Å²) in [6.07, 6.45) is 1.06. The summed E-state index contributed by atoms with van der Waals surface area (Å²) in [7, 11) is 1.59. The summed E-state index contributed by atoms with van der Waals surface area (Å²) in [5.74, 6) is 0.126. The maximum Gasteiger partial charge on any atom is 0.277 e. The Morgan fingerprint density at radius 1 is 1.35 bits per heavy atom. The summed E-state index contributed by atoms with van der Waals surface area (Å²) in [5.41, 5.74) is 10.7. The number of fused-ring (bicyclic) bond motifs is 2. The van der Waals surface area contributed by atoms with Crippen molar-refractivity contribution in [2.24, 2.45) is 5.73 Å². The molecular weight excluding hydrogens is 310 g/mol. The molecule has 3 aromatic rings. The lowest BCUT2D eigenvalue weighted by atomic mass is 10.0. The number of aromatic nitrogens is 1. The number of nitrogens with two attached hydrogens (primary N) is 1.